The summed E-state index contributed by atoms with van der Waals surface area (Å²) in [6, 6.07) is -0.944. The van der Waals surface area contributed by atoms with Gasteiger partial charge in [0.2, 0.25) is 5.91 Å². The van der Waals surface area contributed by atoms with Gasteiger partial charge in [0.05, 0.1) is 18.1 Å². The molecule has 160 valence electrons. The number of nitrogens with zero attached hydrogens (tertiary/aromatic N) is 5. The Balaban J connectivity index is 0.00000256. The first-order valence-corrected chi connectivity index (χ1v) is 9.56. The number of fused-ring (bicyclic) bond motifs is 1. The van der Waals surface area contributed by atoms with Gasteiger partial charge in [-0.25, -0.2) is 4.68 Å². The van der Waals surface area contributed by atoms with E-state index in [0.29, 0.717) is 0 Å². The number of nitrogens with one attached hydrogen (secondary N) is 1. The normalized spacial score (nSPS) is 19.0. The molecule has 0 bridgehead atoms. The molecule has 1 aromatic rings. The van der Waals surface area contributed by atoms with Gasteiger partial charge in [-0.1, -0.05) is 0 Å². The second-order valence-electron chi connectivity index (χ2n) is 6.23. The molecule has 1 N–H and O–H groups in total. The average Bonchev–Trinajstić information content (AvgIpc) is 3.20. The van der Waals surface area contributed by atoms with Crippen LogP contribution in [0.4, 0.5) is 0 Å². The number of hydrogen-bond donors (Lipinski definition) is 1. The van der Waals surface area contributed by atoms with E-state index in [2.05, 4.69) is 20.8 Å². The molecule has 0 saturated carbocycles. The van der Waals surface area contributed by atoms with Crippen molar-refractivity contribution in [3.05, 3.63) is 17.6 Å². The molecule has 1 aromatic heterocycles. The van der Waals surface area contributed by atoms with Crippen LogP contribution in [0.5, 0.6) is 0 Å². The zero-order valence-corrected chi connectivity index (χ0v) is 22.0. The van der Waals surface area contributed by atoms with E-state index < -0.39 is 66.3 Å². The first-order chi connectivity index (χ1) is 14.3. The first-order valence-electron chi connectivity index (χ1n) is 8.51. The number of carbonyl (C=O) groups is 5. The number of esters is 1. The molecule has 17 heteroatoms. The van der Waals surface area contributed by atoms with Crippen molar-refractivity contribution in [1.82, 2.24) is 30.4 Å². The van der Waals surface area contributed by atoms with Crippen LogP contribution in [-0.4, -0.2) is 78.6 Å². The van der Waals surface area contributed by atoms with Gasteiger partial charge < -0.3 is 29.9 Å². The fourth-order valence-corrected chi connectivity index (χ4v) is 4.17. The van der Waals surface area contributed by atoms with Crippen LogP contribution in [0.1, 0.15) is 12.8 Å². The number of carbonyl (C=O) groups excluding carboxylic acids is 5. The quantitative estimate of drug-likeness (QED) is 0.197. The zero-order valence-electron chi connectivity index (χ0n) is 17.2. The van der Waals surface area contributed by atoms with Crippen molar-refractivity contribution >= 4 is 41.5 Å². The summed E-state index contributed by atoms with van der Waals surface area (Å²) in [6.07, 6.45) is 0.268. The number of carboxylic acids is 2. The Bertz CT molecular complexity index is 927. The van der Waals surface area contributed by atoms with Crippen LogP contribution in [0, 0.1) is 0 Å². The zero-order chi connectivity index (χ0) is 21.8. The van der Waals surface area contributed by atoms with Crippen LogP contribution in [0.2, 0.25) is 0 Å². The van der Waals surface area contributed by atoms with E-state index in [1.807, 2.05) is 0 Å². The SMILES string of the molecule is O=C([O-])CCC(=O)OCC1=C(C(=O)[O-])N2C(=O)[C@@H](NC(=O)Cn3cnnn3)[C@@H]2SC1.[Na+].[Na+]. The summed E-state index contributed by atoms with van der Waals surface area (Å²) in [4.78, 5) is 59.0. The number of amides is 2. The molecule has 0 aromatic carbocycles. The number of thioether (sulfide) groups is 1. The van der Waals surface area contributed by atoms with E-state index in [4.69, 9.17) is 4.74 Å². The van der Waals surface area contributed by atoms with E-state index >= 15 is 0 Å². The van der Waals surface area contributed by atoms with E-state index in [1.54, 1.807) is 0 Å². The third-order valence-corrected chi connectivity index (χ3v) is 5.53. The summed E-state index contributed by atoms with van der Waals surface area (Å²) in [5, 5.41) is 34.1. The molecule has 14 nitrogen and oxygen atoms in total. The minimum atomic E-state index is -1.63. The predicted molar refractivity (Wildman–Crippen MR) is 90.1 cm³/mol. The molecule has 1 saturated heterocycles. The molecule has 1 fully saturated rings. The van der Waals surface area contributed by atoms with Crippen LogP contribution in [0.15, 0.2) is 17.6 Å². The smallest absolute Gasteiger partial charge is 0.550 e. The summed E-state index contributed by atoms with van der Waals surface area (Å²) in [5.41, 5.74) is -0.299. The predicted octanol–water partition coefficient (Wildman–Crippen LogP) is -10.8. The number of ether oxygens (including phenoxy) is 1. The van der Waals surface area contributed by atoms with Crippen LogP contribution < -0.4 is 74.6 Å². The molecule has 2 aliphatic rings. The largest absolute Gasteiger partial charge is 1.00 e. The van der Waals surface area contributed by atoms with Gasteiger partial charge in [-0.3, -0.25) is 19.3 Å². The second-order valence-corrected chi connectivity index (χ2v) is 7.34. The van der Waals surface area contributed by atoms with Gasteiger partial charge in [0.25, 0.3) is 5.91 Å². The fraction of sp³-hybridized carbons (Fsp3) is 0.467. The maximum absolute atomic E-state index is 12.5. The summed E-state index contributed by atoms with van der Waals surface area (Å²) in [7, 11) is 0. The van der Waals surface area contributed by atoms with Crippen LogP contribution in [-0.2, 0) is 35.3 Å². The van der Waals surface area contributed by atoms with Crippen molar-refractivity contribution in [2.75, 3.05) is 12.4 Å². The second kappa shape index (κ2) is 12.7. The number of hydrogen-bond acceptors (Lipinski definition) is 12. The number of tetrazole rings is 1. The summed E-state index contributed by atoms with van der Waals surface area (Å²) < 4.78 is 6.04. The van der Waals surface area contributed by atoms with Gasteiger partial charge in [0.15, 0.2) is 0 Å². The van der Waals surface area contributed by atoms with Gasteiger partial charge in [-0.2, -0.15) is 0 Å². The van der Waals surface area contributed by atoms with Gasteiger partial charge in [-0.05, 0) is 16.8 Å². The molecular weight excluding hydrogens is 470 g/mol. The third kappa shape index (κ3) is 6.76. The molecule has 0 unspecified atom stereocenters. The van der Waals surface area contributed by atoms with Gasteiger partial charge in [0, 0.05) is 17.3 Å². The average molecular weight is 484 g/mol. The van der Waals surface area contributed by atoms with Crippen LogP contribution in [0.3, 0.4) is 0 Å². The number of β-lactam (4-membered cyclic amide) rings is 1. The summed E-state index contributed by atoms with van der Waals surface area (Å²) in [5.74, 6) is -4.99. The molecule has 32 heavy (non-hydrogen) atoms. The number of aromatic nitrogens is 4. The monoisotopic (exact) mass is 484 g/mol. The molecular formula is C15H14N6Na2O8S. The molecule has 2 amide bonds. The van der Waals surface area contributed by atoms with Crippen molar-refractivity contribution in [2.24, 2.45) is 0 Å². The summed E-state index contributed by atoms with van der Waals surface area (Å²) >= 11 is 1.17. The number of rotatable bonds is 9. The van der Waals surface area contributed by atoms with Gasteiger partial charge in [-0.15, -0.1) is 16.9 Å². The minimum Gasteiger partial charge on any atom is -0.550 e. The minimum absolute atomic E-state index is 0. The molecule has 3 rings (SSSR count). The first kappa shape index (κ1) is 28.5. The third-order valence-electron chi connectivity index (χ3n) is 4.19. The van der Waals surface area contributed by atoms with E-state index in [1.165, 1.54) is 18.1 Å². The molecule has 2 atom stereocenters. The maximum atomic E-state index is 12.5. The van der Waals surface area contributed by atoms with Crippen LogP contribution in [0.25, 0.3) is 0 Å². The fourth-order valence-electron chi connectivity index (χ4n) is 2.85. The Morgan fingerprint density at radius 3 is 2.53 bits per heavy atom. The van der Waals surface area contributed by atoms with Crippen molar-refractivity contribution in [1.29, 1.82) is 0 Å². The number of aliphatic carboxylic acids is 2. The van der Waals surface area contributed by atoms with E-state index in [0.717, 1.165) is 9.58 Å². The Labute approximate surface area is 229 Å². The Kier molecular flexibility index (Phi) is 11.3. The van der Waals surface area contributed by atoms with Crippen molar-refractivity contribution < 1.29 is 98.0 Å². The molecule has 0 spiro atoms. The topological polar surface area (TPSA) is 200 Å². The molecule has 0 aliphatic carbocycles. The maximum Gasteiger partial charge on any atom is 1.00 e. The van der Waals surface area contributed by atoms with Crippen molar-refractivity contribution in [3.63, 3.8) is 0 Å². The Morgan fingerprint density at radius 2 is 1.94 bits per heavy atom. The standard InChI is InChI=1S/C15H16N6O8S.2Na/c22-8(3-20-6-16-18-19-20)17-11-13(26)21-12(15(27)28)7(5-30-14(11)21)4-29-10(25)2-1-9(23)24;;/h6,11,14H,1-5H2,(H,17,22)(H,23,24)(H,27,28);;/q;2*+1/p-2/t11-,14+;;/m1../s1. The van der Waals surface area contributed by atoms with Crippen LogP contribution >= 0.6 is 11.8 Å². The van der Waals surface area contributed by atoms with E-state index in [-0.39, 0.29) is 77.0 Å². The van der Waals surface area contributed by atoms with Gasteiger partial charge in [0.1, 0.15) is 30.9 Å². The number of carboxylic acid groups (broad SMARTS) is 2. The molecule has 2 aliphatic heterocycles. The summed E-state index contributed by atoms with van der Waals surface area (Å²) in [6.45, 7) is -0.653. The van der Waals surface area contributed by atoms with Crippen molar-refractivity contribution in [2.45, 2.75) is 30.8 Å². The molecule has 3 heterocycles. The van der Waals surface area contributed by atoms with Crippen molar-refractivity contribution in [3.8, 4) is 0 Å². The van der Waals surface area contributed by atoms with Gasteiger partial charge >= 0.3 is 65.1 Å². The van der Waals surface area contributed by atoms with E-state index in [9.17, 15) is 34.2 Å². The Morgan fingerprint density at radius 1 is 1.22 bits per heavy atom. The molecule has 0 radical (unpaired) electrons. The Hall–Kier alpha value is -1.49.